The van der Waals surface area contributed by atoms with Crippen LogP contribution in [0.15, 0.2) is 36.5 Å². The number of carbonyl (C=O) groups is 2. The number of ketones is 1. The van der Waals surface area contributed by atoms with E-state index in [1.807, 2.05) is 39.8 Å². The van der Waals surface area contributed by atoms with Gasteiger partial charge in [0.15, 0.2) is 18.4 Å². The van der Waals surface area contributed by atoms with Gasteiger partial charge < -0.3 is 53.4 Å². The van der Waals surface area contributed by atoms with Gasteiger partial charge in [0.05, 0.1) is 24.9 Å². The zero-order valence-corrected chi connectivity index (χ0v) is 30.5. The molecule has 0 aromatic heterocycles. The topological polar surface area (TPSA) is 163 Å². The molecule has 3 aliphatic heterocycles. The number of allylic oxidation sites excluding steroid dienone is 3. The third-order valence-corrected chi connectivity index (χ3v) is 9.78. The van der Waals surface area contributed by atoms with E-state index in [0.717, 1.165) is 0 Å². The van der Waals surface area contributed by atoms with Gasteiger partial charge in [0.25, 0.3) is 0 Å². The Labute approximate surface area is 291 Å². The largest absolute Gasteiger partial charge is 0.456 e. The number of hydrogen-bond acceptors (Lipinski definition) is 13. The predicted octanol–water partition coefficient (Wildman–Crippen LogP) is 2.31. The molecule has 0 radical (unpaired) electrons. The van der Waals surface area contributed by atoms with Gasteiger partial charge in [-0.1, -0.05) is 39.0 Å². The summed E-state index contributed by atoms with van der Waals surface area (Å²) in [6.45, 7) is 8.82. The van der Waals surface area contributed by atoms with Crippen LogP contribution >= 0.6 is 0 Å². The summed E-state index contributed by atoms with van der Waals surface area (Å²) in [7, 11) is 6.70. The number of aliphatic hydroxyl groups excluding tert-OH is 2. The van der Waals surface area contributed by atoms with Crippen LogP contribution in [0.4, 0.5) is 0 Å². The SMILES string of the molecule is CCC1OC(=O)/C=C\C[C@@H](O[C@@H]2OC(C)C[C@H](N(C)C)[C@H]2O)[C@@H](C)C[C@@H](C)C(=O)/C=C\C=C/[C@]1(O)CO[C@@H]1O[C@H](C)[C@@H](O)[C@@H](OC)[C@H]1OC. The van der Waals surface area contributed by atoms with Crippen molar-refractivity contribution < 1.29 is 58.1 Å². The second-order valence-electron chi connectivity index (χ2n) is 13.9. The monoisotopic (exact) mass is 697 g/mol. The fourth-order valence-electron chi connectivity index (χ4n) is 6.73. The molecule has 0 aromatic rings. The lowest BCUT2D eigenvalue weighted by Crippen LogP contribution is -2.59. The first kappa shape index (κ1) is 41.4. The van der Waals surface area contributed by atoms with Crippen molar-refractivity contribution >= 4 is 11.8 Å². The Morgan fingerprint density at radius 2 is 1.63 bits per heavy atom. The highest BCUT2D eigenvalue weighted by Gasteiger charge is 2.47. The van der Waals surface area contributed by atoms with E-state index in [2.05, 4.69) is 0 Å². The Morgan fingerprint density at radius 1 is 0.939 bits per heavy atom. The van der Waals surface area contributed by atoms with E-state index in [-0.39, 0.29) is 49.2 Å². The third-order valence-electron chi connectivity index (χ3n) is 9.78. The van der Waals surface area contributed by atoms with Crippen molar-refractivity contribution in [3.8, 4) is 0 Å². The van der Waals surface area contributed by atoms with Gasteiger partial charge in [0.1, 0.15) is 36.1 Å². The van der Waals surface area contributed by atoms with Gasteiger partial charge in [-0.05, 0) is 71.7 Å². The highest BCUT2D eigenvalue weighted by Crippen LogP contribution is 2.31. The molecule has 0 aromatic carbocycles. The van der Waals surface area contributed by atoms with Crippen molar-refractivity contribution in [3.63, 3.8) is 0 Å². The number of nitrogens with zero attached hydrogens (tertiary/aromatic N) is 1. The van der Waals surface area contributed by atoms with Crippen LogP contribution in [0.1, 0.15) is 60.3 Å². The number of carbonyl (C=O) groups excluding carboxylic acids is 2. The molecule has 0 aliphatic carbocycles. The average Bonchev–Trinajstić information content (AvgIpc) is 3.05. The van der Waals surface area contributed by atoms with Crippen LogP contribution in [0.5, 0.6) is 0 Å². The zero-order valence-electron chi connectivity index (χ0n) is 30.5. The summed E-state index contributed by atoms with van der Waals surface area (Å²) in [5, 5.41) is 33.5. The highest BCUT2D eigenvalue weighted by atomic mass is 16.7. The summed E-state index contributed by atoms with van der Waals surface area (Å²) in [6, 6.07) is -0.158. The molecule has 0 amide bonds. The van der Waals surface area contributed by atoms with Gasteiger partial charge >= 0.3 is 5.97 Å². The van der Waals surface area contributed by atoms with E-state index < -0.39 is 66.9 Å². The predicted molar refractivity (Wildman–Crippen MR) is 180 cm³/mol. The molecule has 49 heavy (non-hydrogen) atoms. The molecule has 14 atom stereocenters. The number of rotatable bonds is 9. The normalized spacial score (nSPS) is 43.6. The molecule has 0 bridgehead atoms. The lowest BCUT2D eigenvalue weighted by molar-refractivity contribution is -0.310. The Bertz CT molecular complexity index is 1150. The first-order chi connectivity index (χ1) is 23.1. The minimum Gasteiger partial charge on any atom is -0.456 e. The lowest BCUT2D eigenvalue weighted by atomic mass is 9.88. The Kier molecular flexibility index (Phi) is 16.0. The molecule has 13 nitrogen and oxygen atoms in total. The van der Waals surface area contributed by atoms with E-state index in [1.165, 1.54) is 44.6 Å². The average molecular weight is 698 g/mol. The number of ether oxygens (including phenoxy) is 7. The molecule has 2 saturated heterocycles. The van der Waals surface area contributed by atoms with Crippen molar-refractivity contribution in [2.75, 3.05) is 34.9 Å². The summed E-state index contributed by atoms with van der Waals surface area (Å²) in [5.74, 6) is -1.27. The fraction of sp³-hybridized carbons (Fsp3) is 0.778. The number of cyclic esters (lactones) is 1. The van der Waals surface area contributed by atoms with Crippen LogP contribution < -0.4 is 0 Å². The van der Waals surface area contributed by atoms with Crippen molar-refractivity contribution in [1.82, 2.24) is 4.90 Å². The van der Waals surface area contributed by atoms with Crippen molar-refractivity contribution in [3.05, 3.63) is 36.5 Å². The van der Waals surface area contributed by atoms with E-state index in [4.69, 9.17) is 33.2 Å². The Morgan fingerprint density at radius 3 is 2.27 bits per heavy atom. The summed E-state index contributed by atoms with van der Waals surface area (Å²) < 4.78 is 41.1. The van der Waals surface area contributed by atoms with Crippen LogP contribution in [0, 0.1) is 11.8 Å². The van der Waals surface area contributed by atoms with E-state index in [9.17, 15) is 24.9 Å². The third kappa shape index (κ3) is 11.0. The van der Waals surface area contributed by atoms with Gasteiger partial charge in [-0.15, -0.1) is 0 Å². The van der Waals surface area contributed by atoms with Crippen molar-refractivity contribution in [2.45, 2.75) is 133 Å². The number of esters is 1. The van der Waals surface area contributed by atoms with Crippen molar-refractivity contribution in [2.24, 2.45) is 11.8 Å². The fourth-order valence-corrected chi connectivity index (χ4v) is 6.73. The van der Waals surface area contributed by atoms with E-state index in [1.54, 1.807) is 19.9 Å². The molecule has 13 heteroatoms. The van der Waals surface area contributed by atoms with Crippen LogP contribution in [0.25, 0.3) is 0 Å². The summed E-state index contributed by atoms with van der Waals surface area (Å²) in [4.78, 5) is 28.2. The number of hydrogen-bond donors (Lipinski definition) is 3. The van der Waals surface area contributed by atoms with Gasteiger partial charge in [-0.3, -0.25) is 4.79 Å². The van der Waals surface area contributed by atoms with Crippen LogP contribution in [0.3, 0.4) is 0 Å². The minimum absolute atomic E-state index is 0.108. The molecule has 3 aliphatic rings. The second kappa shape index (κ2) is 19.0. The molecule has 280 valence electrons. The van der Waals surface area contributed by atoms with Gasteiger partial charge in [0.2, 0.25) is 0 Å². The number of aliphatic hydroxyl groups is 3. The molecule has 3 heterocycles. The Hall–Kier alpha value is -2.04. The first-order valence-corrected chi connectivity index (χ1v) is 17.3. The molecule has 3 rings (SSSR count). The maximum Gasteiger partial charge on any atom is 0.330 e. The van der Waals surface area contributed by atoms with Crippen LogP contribution in [0.2, 0.25) is 0 Å². The summed E-state index contributed by atoms with van der Waals surface area (Å²) in [6.07, 6.45) is 2.86. The van der Waals surface area contributed by atoms with E-state index in [0.29, 0.717) is 12.8 Å². The van der Waals surface area contributed by atoms with Crippen molar-refractivity contribution in [1.29, 1.82) is 0 Å². The smallest absolute Gasteiger partial charge is 0.330 e. The highest BCUT2D eigenvalue weighted by molar-refractivity contribution is 5.91. The Balaban J connectivity index is 1.86. The van der Waals surface area contributed by atoms with Gasteiger partial charge in [-0.25, -0.2) is 4.79 Å². The van der Waals surface area contributed by atoms with E-state index >= 15 is 0 Å². The van der Waals surface area contributed by atoms with Gasteiger partial charge in [0, 0.05) is 32.3 Å². The standard InChI is InChI=1S/C36H59NO12/c1-10-28-36(42,20-45-35-33(44-9)32(43-8)30(40)24(5)47-35)17-12-11-14-26(38)21(2)18-22(3)27(15-13-16-29(39)49-28)48-34-31(41)25(37(6)7)19-23(4)46-34/h11-14,16-17,21-25,27-28,30-35,40-42H,10,15,18-20H2,1-9H3/b14-11-,16-13-,17-12-/t21-,22+,23?,24-,25+,27-,28?,30-,31-,32-,33-,34+,35-,36+/m1/s1. The zero-order chi connectivity index (χ0) is 36.5. The first-order valence-electron chi connectivity index (χ1n) is 17.3. The molecule has 0 spiro atoms. The lowest BCUT2D eigenvalue weighted by Gasteiger charge is -2.43. The maximum absolute atomic E-state index is 13.1. The summed E-state index contributed by atoms with van der Waals surface area (Å²) in [5.41, 5.74) is -1.84. The molecule has 2 unspecified atom stereocenters. The quantitative estimate of drug-likeness (QED) is 0.301. The molecular formula is C36H59NO12. The second-order valence-corrected chi connectivity index (χ2v) is 13.9. The van der Waals surface area contributed by atoms with Crippen LogP contribution in [-0.2, 0) is 42.7 Å². The number of methoxy groups -OCH3 is 2. The molecule has 0 saturated carbocycles. The van der Waals surface area contributed by atoms with Gasteiger partial charge in [-0.2, -0.15) is 0 Å². The number of likely N-dealkylation sites (N-methyl/N-ethyl adjacent to an activating group) is 1. The molecule has 3 N–H and O–H groups in total. The molecule has 2 fully saturated rings. The summed E-state index contributed by atoms with van der Waals surface area (Å²) >= 11 is 0. The minimum atomic E-state index is -1.84. The van der Waals surface area contributed by atoms with Crippen LogP contribution in [-0.4, -0.2) is 140 Å². The molecular weight excluding hydrogens is 638 g/mol. The maximum atomic E-state index is 13.1.